The SMILES string of the molecule is Cc1ccc(C)c(NC(=O)Cc2nc(COC(=O)c3ccccc3[N+](=O)[O-])cs2)c1. The summed E-state index contributed by atoms with van der Waals surface area (Å²) in [5, 5.41) is 16.2. The Balaban J connectivity index is 1.58. The minimum atomic E-state index is -0.801. The van der Waals surface area contributed by atoms with Gasteiger partial charge in [0.15, 0.2) is 0 Å². The number of nitrogens with zero attached hydrogens (tertiary/aromatic N) is 2. The van der Waals surface area contributed by atoms with E-state index in [0.717, 1.165) is 16.8 Å². The number of benzene rings is 2. The summed E-state index contributed by atoms with van der Waals surface area (Å²) in [5.41, 5.74) is 2.82. The second-order valence-corrected chi connectivity index (χ2v) is 7.57. The Hall–Kier alpha value is -3.59. The third kappa shape index (κ3) is 5.26. The van der Waals surface area contributed by atoms with Crippen LogP contribution in [0.15, 0.2) is 47.8 Å². The zero-order valence-corrected chi connectivity index (χ0v) is 17.2. The maximum Gasteiger partial charge on any atom is 0.345 e. The number of thiazole rings is 1. The summed E-state index contributed by atoms with van der Waals surface area (Å²) in [6.07, 6.45) is 0.0934. The third-order valence-electron chi connectivity index (χ3n) is 4.25. The number of amides is 1. The van der Waals surface area contributed by atoms with Crippen molar-refractivity contribution >= 4 is 34.6 Å². The third-order valence-corrected chi connectivity index (χ3v) is 5.15. The van der Waals surface area contributed by atoms with E-state index in [9.17, 15) is 19.7 Å². The number of nitro groups is 1. The van der Waals surface area contributed by atoms with E-state index in [2.05, 4.69) is 10.3 Å². The summed E-state index contributed by atoms with van der Waals surface area (Å²) in [6, 6.07) is 11.4. The summed E-state index contributed by atoms with van der Waals surface area (Å²) >= 11 is 1.28. The first kappa shape index (κ1) is 21.1. The summed E-state index contributed by atoms with van der Waals surface area (Å²) in [6.45, 7) is 3.73. The number of esters is 1. The monoisotopic (exact) mass is 425 g/mol. The van der Waals surface area contributed by atoms with E-state index in [0.29, 0.717) is 10.7 Å². The highest BCUT2D eigenvalue weighted by Gasteiger charge is 2.21. The van der Waals surface area contributed by atoms with E-state index in [1.807, 2.05) is 32.0 Å². The summed E-state index contributed by atoms with van der Waals surface area (Å²) in [4.78, 5) is 39.2. The largest absolute Gasteiger partial charge is 0.455 e. The number of carbonyl (C=O) groups excluding carboxylic acids is 2. The lowest BCUT2D eigenvalue weighted by Gasteiger charge is -2.08. The topological polar surface area (TPSA) is 111 Å². The molecule has 9 heteroatoms. The molecule has 30 heavy (non-hydrogen) atoms. The molecule has 0 saturated heterocycles. The van der Waals surface area contributed by atoms with E-state index >= 15 is 0 Å². The molecule has 0 aliphatic rings. The molecule has 154 valence electrons. The van der Waals surface area contributed by atoms with Gasteiger partial charge < -0.3 is 10.1 Å². The second-order valence-electron chi connectivity index (χ2n) is 6.63. The molecule has 0 fully saturated rings. The van der Waals surface area contributed by atoms with E-state index in [1.165, 1.54) is 35.6 Å². The van der Waals surface area contributed by atoms with Gasteiger partial charge in [-0.2, -0.15) is 0 Å². The van der Waals surface area contributed by atoms with Gasteiger partial charge in [-0.05, 0) is 37.1 Å². The zero-order chi connectivity index (χ0) is 21.7. The normalized spacial score (nSPS) is 10.5. The molecule has 1 amide bonds. The Morgan fingerprint density at radius 1 is 1.20 bits per heavy atom. The first-order chi connectivity index (χ1) is 14.3. The fourth-order valence-electron chi connectivity index (χ4n) is 2.72. The molecule has 1 aromatic heterocycles. The predicted octanol–water partition coefficient (Wildman–Crippen LogP) is 4.21. The molecule has 3 aromatic rings. The number of nitro benzene ring substituents is 1. The van der Waals surface area contributed by atoms with E-state index in [1.54, 1.807) is 5.38 Å². The van der Waals surface area contributed by atoms with Crippen molar-refractivity contribution in [3.63, 3.8) is 0 Å². The van der Waals surface area contributed by atoms with E-state index in [-0.39, 0.29) is 30.2 Å². The molecule has 0 aliphatic carbocycles. The number of ether oxygens (including phenoxy) is 1. The Kier molecular flexibility index (Phi) is 6.53. The first-order valence-corrected chi connectivity index (χ1v) is 9.92. The second kappa shape index (κ2) is 9.27. The Morgan fingerprint density at radius 2 is 1.97 bits per heavy atom. The maximum atomic E-state index is 12.3. The van der Waals surface area contributed by atoms with Crippen molar-refractivity contribution in [1.29, 1.82) is 0 Å². The van der Waals surface area contributed by atoms with Crippen LogP contribution in [-0.4, -0.2) is 21.8 Å². The number of carbonyl (C=O) groups is 2. The van der Waals surface area contributed by atoms with Gasteiger partial charge in [0, 0.05) is 17.1 Å². The van der Waals surface area contributed by atoms with Crippen molar-refractivity contribution in [2.75, 3.05) is 5.32 Å². The van der Waals surface area contributed by atoms with Crippen LogP contribution in [0.4, 0.5) is 11.4 Å². The van der Waals surface area contributed by atoms with Gasteiger partial charge in [-0.25, -0.2) is 9.78 Å². The number of rotatable bonds is 7. The van der Waals surface area contributed by atoms with Gasteiger partial charge in [0.2, 0.25) is 5.91 Å². The van der Waals surface area contributed by atoms with Gasteiger partial charge in [-0.1, -0.05) is 24.3 Å². The van der Waals surface area contributed by atoms with Gasteiger partial charge in [-0.3, -0.25) is 14.9 Å². The average molecular weight is 425 g/mol. The van der Waals surface area contributed by atoms with Crippen LogP contribution in [0, 0.1) is 24.0 Å². The molecule has 8 nitrogen and oxygen atoms in total. The van der Waals surface area contributed by atoms with Crippen molar-refractivity contribution in [3.05, 3.63) is 85.4 Å². The molecule has 1 heterocycles. The van der Waals surface area contributed by atoms with Crippen LogP contribution in [0.2, 0.25) is 0 Å². The average Bonchev–Trinajstić information content (AvgIpc) is 3.16. The molecule has 0 bridgehead atoms. The highest BCUT2D eigenvalue weighted by molar-refractivity contribution is 7.09. The molecule has 1 N–H and O–H groups in total. The molecule has 0 atom stereocenters. The van der Waals surface area contributed by atoms with Crippen LogP contribution in [0.5, 0.6) is 0 Å². The molecule has 0 aliphatic heterocycles. The first-order valence-electron chi connectivity index (χ1n) is 9.04. The summed E-state index contributed by atoms with van der Waals surface area (Å²) in [7, 11) is 0. The molecular formula is C21H19N3O5S. The lowest BCUT2D eigenvalue weighted by Crippen LogP contribution is -2.15. The van der Waals surface area contributed by atoms with E-state index in [4.69, 9.17) is 4.74 Å². The lowest BCUT2D eigenvalue weighted by molar-refractivity contribution is -0.385. The number of nitrogens with one attached hydrogen (secondary N) is 1. The highest BCUT2D eigenvalue weighted by Crippen LogP contribution is 2.20. The molecule has 2 aromatic carbocycles. The van der Waals surface area contributed by atoms with Gasteiger partial charge in [0.25, 0.3) is 5.69 Å². The summed E-state index contributed by atoms with van der Waals surface area (Å²) in [5.74, 6) is -0.994. The van der Waals surface area contributed by atoms with Gasteiger partial charge in [0.05, 0.1) is 17.0 Å². The molecular weight excluding hydrogens is 406 g/mol. The molecule has 3 rings (SSSR count). The van der Waals surface area contributed by atoms with Crippen LogP contribution in [0.3, 0.4) is 0 Å². The summed E-state index contributed by atoms with van der Waals surface area (Å²) < 4.78 is 5.15. The van der Waals surface area contributed by atoms with E-state index < -0.39 is 10.9 Å². The van der Waals surface area contributed by atoms with Crippen LogP contribution < -0.4 is 5.32 Å². The maximum absolute atomic E-state index is 12.3. The number of para-hydroxylation sites is 1. The van der Waals surface area contributed by atoms with Crippen LogP contribution in [0.1, 0.15) is 32.2 Å². The van der Waals surface area contributed by atoms with Gasteiger partial charge in [0.1, 0.15) is 17.2 Å². The van der Waals surface area contributed by atoms with Crippen LogP contribution in [-0.2, 0) is 22.6 Å². The molecule has 0 radical (unpaired) electrons. The highest BCUT2D eigenvalue weighted by atomic mass is 32.1. The number of aryl methyl sites for hydroxylation is 2. The number of hydrogen-bond acceptors (Lipinski definition) is 7. The minimum absolute atomic E-state index is 0.0934. The number of anilines is 1. The number of hydrogen-bond donors (Lipinski definition) is 1. The molecule has 0 spiro atoms. The fraction of sp³-hybridized carbons (Fsp3) is 0.190. The lowest BCUT2D eigenvalue weighted by atomic mass is 10.1. The van der Waals surface area contributed by atoms with Crippen LogP contribution >= 0.6 is 11.3 Å². The Morgan fingerprint density at radius 3 is 2.73 bits per heavy atom. The quantitative estimate of drug-likeness (QED) is 0.345. The van der Waals surface area contributed by atoms with Crippen LogP contribution in [0.25, 0.3) is 0 Å². The van der Waals surface area contributed by atoms with Gasteiger partial charge in [-0.15, -0.1) is 11.3 Å². The minimum Gasteiger partial charge on any atom is -0.455 e. The van der Waals surface area contributed by atoms with Crippen molar-refractivity contribution in [1.82, 2.24) is 4.98 Å². The van der Waals surface area contributed by atoms with Crippen molar-refractivity contribution in [3.8, 4) is 0 Å². The molecule has 0 saturated carbocycles. The zero-order valence-electron chi connectivity index (χ0n) is 16.4. The van der Waals surface area contributed by atoms with Crippen molar-refractivity contribution in [2.24, 2.45) is 0 Å². The van der Waals surface area contributed by atoms with Gasteiger partial charge >= 0.3 is 5.97 Å². The van der Waals surface area contributed by atoms with Crippen molar-refractivity contribution < 1.29 is 19.2 Å². The molecule has 0 unspecified atom stereocenters. The standard InChI is InChI=1S/C21H19N3O5S/c1-13-7-8-14(2)17(9-13)23-19(25)10-20-22-15(12-30-20)11-29-21(26)16-5-3-4-6-18(16)24(27)28/h3-9,12H,10-11H2,1-2H3,(H,23,25). The predicted molar refractivity (Wildman–Crippen MR) is 113 cm³/mol. The number of aromatic nitrogens is 1. The Bertz CT molecular complexity index is 1110. The fourth-order valence-corrected chi connectivity index (χ4v) is 3.50. The Labute approximate surface area is 176 Å². The smallest absolute Gasteiger partial charge is 0.345 e. The van der Waals surface area contributed by atoms with Crippen molar-refractivity contribution in [2.45, 2.75) is 26.9 Å².